The number of hydrogen-bond donors (Lipinski definition) is 1. The Kier molecular flexibility index (Phi) is 6.95. The fourth-order valence-electron chi connectivity index (χ4n) is 12.0. The number of nitrogens with zero attached hydrogens (tertiary/aromatic N) is 2. The van der Waals surface area contributed by atoms with Crippen LogP contribution in [0.25, 0.3) is 0 Å². The van der Waals surface area contributed by atoms with E-state index in [2.05, 4.69) is 58.9 Å². The fourth-order valence-corrected chi connectivity index (χ4v) is 12.0. The van der Waals surface area contributed by atoms with Crippen LogP contribution in [0.1, 0.15) is 113 Å². The van der Waals surface area contributed by atoms with Crippen molar-refractivity contribution in [3.63, 3.8) is 0 Å². The van der Waals surface area contributed by atoms with Gasteiger partial charge in [0.05, 0.1) is 5.41 Å². The van der Waals surface area contributed by atoms with E-state index in [1.54, 1.807) is 4.68 Å². The van der Waals surface area contributed by atoms with Gasteiger partial charge < -0.3 is 10.1 Å². The Morgan fingerprint density at radius 3 is 2.33 bits per heavy atom. The first-order chi connectivity index (χ1) is 20.0. The summed E-state index contributed by atoms with van der Waals surface area (Å²) in [6, 6.07) is 1.83. The third kappa shape index (κ3) is 4.11. The molecule has 0 bridgehead atoms. The van der Waals surface area contributed by atoms with Gasteiger partial charge in [-0.15, -0.1) is 0 Å². The Bertz CT molecular complexity index is 1390. The number of nitrogens with one attached hydrogen (secondary N) is 1. The Morgan fingerprint density at radius 1 is 0.977 bits per heavy atom. The van der Waals surface area contributed by atoms with Crippen molar-refractivity contribution in [1.29, 1.82) is 0 Å². The smallest absolute Gasteiger partial charge is 0.302 e. The van der Waals surface area contributed by atoms with E-state index in [1.165, 1.54) is 12.5 Å². The van der Waals surface area contributed by atoms with Gasteiger partial charge in [0.25, 0.3) is 0 Å². The van der Waals surface area contributed by atoms with Crippen LogP contribution in [0.3, 0.4) is 0 Å². The largest absolute Gasteiger partial charge is 0.462 e. The molecule has 0 radical (unpaired) electrons. The molecule has 1 amide bonds. The molecule has 43 heavy (non-hydrogen) atoms. The SMILES string of the molecule is CC(=O)O[C@H]1CC[C@]2(C)[C@H]3CC[C@@H]4C5=C(C(C)C)C(=O)C[C@]5(C(=O)Nc5ccn(C)n5)CC[C@@]4(C)[C@]3(C)CC[C@H]2C1(C)C. The minimum Gasteiger partial charge on any atom is -0.462 e. The number of Topliss-reactive ketones (excluding diaryl/α,β-unsaturated/α-hetero) is 1. The van der Waals surface area contributed by atoms with Crippen molar-refractivity contribution in [2.24, 2.45) is 57.8 Å². The summed E-state index contributed by atoms with van der Waals surface area (Å²) in [7, 11) is 1.85. The summed E-state index contributed by atoms with van der Waals surface area (Å²) < 4.78 is 7.61. The van der Waals surface area contributed by atoms with E-state index in [-0.39, 0.29) is 63.7 Å². The summed E-state index contributed by atoms with van der Waals surface area (Å²) >= 11 is 0. The maximum absolute atomic E-state index is 14.3. The number of anilines is 1. The zero-order valence-electron chi connectivity index (χ0n) is 27.9. The Morgan fingerprint density at radius 2 is 1.70 bits per heavy atom. The number of carbonyl (C=O) groups excluding carboxylic acids is 3. The number of aromatic nitrogens is 2. The molecule has 6 rings (SSSR count). The average Bonchev–Trinajstić information content (AvgIpc) is 3.46. The molecule has 8 atom stereocenters. The van der Waals surface area contributed by atoms with Crippen LogP contribution in [0, 0.1) is 50.7 Å². The van der Waals surface area contributed by atoms with Gasteiger partial charge in [0.15, 0.2) is 11.6 Å². The zero-order valence-corrected chi connectivity index (χ0v) is 27.9. The highest BCUT2D eigenvalue weighted by Gasteiger charge is 2.71. The number of rotatable bonds is 4. The van der Waals surface area contributed by atoms with Gasteiger partial charge in [-0.3, -0.25) is 19.1 Å². The summed E-state index contributed by atoms with van der Waals surface area (Å²) in [5.41, 5.74) is 1.48. The van der Waals surface area contributed by atoms with E-state index in [0.29, 0.717) is 24.1 Å². The predicted molar refractivity (Wildman–Crippen MR) is 167 cm³/mol. The second-order valence-corrected chi connectivity index (χ2v) is 16.6. The first-order valence-corrected chi connectivity index (χ1v) is 16.8. The van der Waals surface area contributed by atoms with Gasteiger partial charge in [0.1, 0.15) is 6.10 Å². The van der Waals surface area contributed by atoms with Crippen molar-refractivity contribution in [3.05, 3.63) is 23.4 Å². The van der Waals surface area contributed by atoms with Crippen LogP contribution in [0.15, 0.2) is 23.4 Å². The Hall–Kier alpha value is -2.44. The number of allylic oxidation sites excluding steroid dienone is 1. The standard InChI is InChI=1S/C36H53N3O4/c1-21(2)29-24(41)20-36(31(42)37-28-14-19-39(9)38-28)18-17-34(7)23(30(29)36)10-11-26-33(6)15-13-27(43-22(3)40)32(4,5)25(33)12-16-35(26,34)8/h14,19,21,23,25-27H,10-13,15-18,20H2,1-9H3,(H,37,38,42)/t23-,25+,26-,27+,33+,34-,35-,36-/m1/s1. The number of carbonyl (C=O) groups is 3. The van der Waals surface area contributed by atoms with Crippen molar-refractivity contribution in [3.8, 4) is 0 Å². The van der Waals surface area contributed by atoms with Crippen molar-refractivity contribution in [2.75, 3.05) is 5.32 Å². The number of esters is 1. The summed E-state index contributed by atoms with van der Waals surface area (Å²) in [6.07, 6.45) is 10.1. The number of fused-ring (bicyclic) bond motifs is 7. The van der Waals surface area contributed by atoms with Crippen LogP contribution >= 0.6 is 0 Å². The molecule has 0 aliphatic heterocycles. The molecule has 4 saturated carbocycles. The molecule has 4 fully saturated rings. The molecule has 1 heterocycles. The molecule has 5 aliphatic carbocycles. The van der Waals surface area contributed by atoms with E-state index < -0.39 is 5.41 Å². The molecule has 236 valence electrons. The highest BCUT2D eigenvalue weighted by Crippen LogP contribution is 2.76. The lowest BCUT2D eigenvalue weighted by Crippen LogP contribution is -2.66. The maximum atomic E-state index is 14.3. The highest BCUT2D eigenvalue weighted by molar-refractivity contribution is 6.09. The van der Waals surface area contributed by atoms with E-state index in [1.807, 2.05) is 19.3 Å². The van der Waals surface area contributed by atoms with Crippen molar-refractivity contribution in [2.45, 2.75) is 119 Å². The normalized spacial score (nSPS) is 41.7. The number of hydrogen-bond acceptors (Lipinski definition) is 5. The van der Waals surface area contributed by atoms with Gasteiger partial charge in [-0.05, 0) is 102 Å². The quantitative estimate of drug-likeness (QED) is 0.372. The van der Waals surface area contributed by atoms with Gasteiger partial charge in [-0.1, -0.05) is 48.5 Å². The summed E-state index contributed by atoms with van der Waals surface area (Å²) in [5.74, 6) is 1.83. The summed E-state index contributed by atoms with van der Waals surface area (Å²) in [5, 5.41) is 7.55. The molecule has 5 aliphatic rings. The second-order valence-electron chi connectivity index (χ2n) is 16.6. The molecule has 0 saturated heterocycles. The molecule has 1 N–H and O–H groups in total. The maximum Gasteiger partial charge on any atom is 0.302 e. The summed E-state index contributed by atoms with van der Waals surface area (Å²) in [4.78, 5) is 40.1. The monoisotopic (exact) mass is 591 g/mol. The van der Waals surface area contributed by atoms with Crippen LogP contribution in [0.4, 0.5) is 5.82 Å². The molecule has 7 nitrogen and oxygen atoms in total. The summed E-state index contributed by atoms with van der Waals surface area (Å²) in [6.45, 7) is 18.1. The molecule has 1 aromatic rings. The second kappa shape index (κ2) is 9.78. The Labute approximate surface area is 258 Å². The molecule has 0 aromatic carbocycles. The third-order valence-corrected chi connectivity index (χ3v) is 14.1. The molecule has 0 spiro atoms. The van der Waals surface area contributed by atoms with Crippen LogP contribution in [0.2, 0.25) is 0 Å². The van der Waals surface area contributed by atoms with E-state index >= 15 is 0 Å². The number of ketones is 1. The van der Waals surface area contributed by atoms with Crippen molar-refractivity contribution in [1.82, 2.24) is 9.78 Å². The minimum absolute atomic E-state index is 0.00432. The van der Waals surface area contributed by atoms with Crippen molar-refractivity contribution >= 4 is 23.5 Å². The minimum atomic E-state index is -0.785. The van der Waals surface area contributed by atoms with Crippen LogP contribution in [-0.4, -0.2) is 33.5 Å². The fraction of sp³-hybridized carbons (Fsp3) is 0.778. The van der Waals surface area contributed by atoms with E-state index in [4.69, 9.17) is 4.74 Å². The average molecular weight is 592 g/mol. The first-order valence-electron chi connectivity index (χ1n) is 16.8. The van der Waals surface area contributed by atoms with E-state index in [0.717, 1.165) is 50.5 Å². The first kappa shape index (κ1) is 30.6. The van der Waals surface area contributed by atoms with Gasteiger partial charge >= 0.3 is 5.97 Å². The lowest BCUT2D eigenvalue weighted by molar-refractivity contribution is -0.232. The van der Waals surface area contributed by atoms with Crippen LogP contribution in [-0.2, 0) is 26.2 Å². The molecular formula is C36H53N3O4. The Balaban J connectivity index is 1.39. The number of amides is 1. The van der Waals surface area contributed by atoms with Gasteiger partial charge in [-0.25, -0.2) is 0 Å². The lowest BCUT2D eigenvalue weighted by atomic mass is 9.33. The highest BCUT2D eigenvalue weighted by atomic mass is 16.5. The molecular weight excluding hydrogens is 538 g/mol. The van der Waals surface area contributed by atoms with Gasteiger partial charge in [-0.2, -0.15) is 5.10 Å². The van der Waals surface area contributed by atoms with Gasteiger partial charge in [0, 0.05) is 38.1 Å². The van der Waals surface area contributed by atoms with Crippen molar-refractivity contribution < 1.29 is 19.1 Å². The number of aryl methyl sites for hydroxylation is 1. The number of ether oxygens (including phenoxy) is 1. The lowest BCUT2D eigenvalue weighted by Gasteiger charge is -2.72. The van der Waals surface area contributed by atoms with E-state index in [9.17, 15) is 14.4 Å². The van der Waals surface area contributed by atoms with Crippen LogP contribution < -0.4 is 5.32 Å². The third-order valence-electron chi connectivity index (χ3n) is 14.1. The molecule has 0 unspecified atom stereocenters. The topological polar surface area (TPSA) is 90.3 Å². The zero-order chi connectivity index (χ0) is 31.3. The predicted octanol–water partition coefficient (Wildman–Crippen LogP) is 7.27. The van der Waals surface area contributed by atoms with Crippen LogP contribution in [0.5, 0.6) is 0 Å². The molecule has 1 aromatic heterocycles. The molecule has 7 heteroatoms. The van der Waals surface area contributed by atoms with Gasteiger partial charge in [0.2, 0.25) is 5.91 Å².